The highest BCUT2D eigenvalue weighted by atomic mass is 16.6. The van der Waals surface area contributed by atoms with Crippen LogP contribution < -0.4 is 0 Å². The molecule has 0 saturated heterocycles. The second-order valence-electron chi connectivity index (χ2n) is 19.2. The first-order valence-electron chi connectivity index (χ1n) is 28.9. The standard InChI is InChI=1S/C62H108O6/c1-4-7-10-13-15-17-19-21-23-24-25-26-27-28-29-30-31-32-33-34-35-36-37-38-39-41-42-44-46-49-52-55-61(64)67-58-59(57-66-60(63)54-51-48-12-9-6-3)68-62(65)56-53-50-47-45-43-40-22-20-18-16-14-11-8-5-2/h7,10,15,17,20-23,25-26,28-29,59H,4-6,8-9,11-14,16,18-19,24,27,30-58H2,1-3H3/b10-7-,17-15-,22-20-,23-21-,26-25-,29-28-. The molecule has 0 amide bonds. The van der Waals surface area contributed by atoms with Crippen LogP contribution in [0.4, 0.5) is 0 Å². The lowest BCUT2D eigenvalue weighted by Gasteiger charge is -2.18. The molecule has 68 heavy (non-hydrogen) atoms. The summed E-state index contributed by atoms with van der Waals surface area (Å²) < 4.78 is 16.7. The van der Waals surface area contributed by atoms with Crippen molar-refractivity contribution in [3.8, 4) is 0 Å². The van der Waals surface area contributed by atoms with Gasteiger partial charge in [0.25, 0.3) is 0 Å². The maximum Gasteiger partial charge on any atom is 0.306 e. The van der Waals surface area contributed by atoms with Crippen LogP contribution in [0.15, 0.2) is 72.9 Å². The highest BCUT2D eigenvalue weighted by Crippen LogP contribution is 2.16. The van der Waals surface area contributed by atoms with E-state index in [-0.39, 0.29) is 31.1 Å². The van der Waals surface area contributed by atoms with E-state index in [0.29, 0.717) is 19.3 Å². The largest absolute Gasteiger partial charge is 0.462 e. The van der Waals surface area contributed by atoms with E-state index in [1.807, 2.05) is 0 Å². The Balaban J connectivity index is 3.98. The molecule has 0 bridgehead atoms. The van der Waals surface area contributed by atoms with Gasteiger partial charge in [-0.05, 0) is 89.9 Å². The van der Waals surface area contributed by atoms with Crippen LogP contribution in [0.2, 0.25) is 0 Å². The van der Waals surface area contributed by atoms with Crippen LogP contribution in [-0.2, 0) is 28.6 Å². The molecule has 0 aromatic heterocycles. The maximum absolute atomic E-state index is 12.7. The van der Waals surface area contributed by atoms with Gasteiger partial charge in [-0.1, -0.05) is 248 Å². The third-order valence-electron chi connectivity index (χ3n) is 12.4. The molecular weight excluding hydrogens is 841 g/mol. The Morgan fingerprint density at radius 2 is 0.574 bits per heavy atom. The van der Waals surface area contributed by atoms with Gasteiger partial charge in [0.15, 0.2) is 6.10 Å². The fourth-order valence-electron chi connectivity index (χ4n) is 8.11. The van der Waals surface area contributed by atoms with E-state index in [4.69, 9.17) is 14.2 Å². The number of ether oxygens (including phenoxy) is 3. The van der Waals surface area contributed by atoms with Gasteiger partial charge in [-0.3, -0.25) is 14.4 Å². The molecule has 0 aromatic carbocycles. The number of allylic oxidation sites excluding steroid dienone is 12. The third kappa shape index (κ3) is 53.8. The molecule has 392 valence electrons. The van der Waals surface area contributed by atoms with Crippen LogP contribution in [0.3, 0.4) is 0 Å². The molecule has 0 aliphatic carbocycles. The highest BCUT2D eigenvalue weighted by molar-refractivity contribution is 5.71. The molecule has 1 atom stereocenters. The first-order valence-corrected chi connectivity index (χ1v) is 28.9. The van der Waals surface area contributed by atoms with Crippen LogP contribution in [0, 0.1) is 0 Å². The minimum absolute atomic E-state index is 0.0764. The Labute approximate surface area is 421 Å². The third-order valence-corrected chi connectivity index (χ3v) is 12.4. The van der Waals surface area contributed by atoms with E-state index in [1.54, 1.807) is 0 Å². The first-order chi connectivity index (χ1) is 33.5. The zero-order valence-electron chi connectivity index (χ0n) is 44.9. The number of rotatable bonds is 52. The topological polar surface area (TPSA) is 78.9 Å². The average Bonchev–Trinajstić information content (AvgIpc) is 3.34. The second-order valence-corrected chi connectivity index (χ2v) is 19.2. The van der Waals surface area contributed by atoms with Crippen LogP contribution in [0.25, 0.3) is 0 Å². The number of esters is 3. The van der Waals surface area contributed by atoms with Crippen LogP contribution >= 0.6 is 0 Å². The zero-order valence-corrected chi connectivity index (χ0v) is 44.9. The van der Waals surface area contributed by atoms with Crippen molar-refractivity contribution >= 4 is 17.9 Å². The van der Waals surface area contributed by atoms with Gasteiger partial charge in [0.2, 0.25) is 0 Å². The van der Waals surface area contributed by atoms with Crippen LogP contribution in [-0.4, -0.2) is 37.2 Å². The van der Waals surface area contributed by atoms with Crippen molar-refractivity contribution in [3.63, 3.8) is 0 Å². The summed E-state index contributed by atoms with van der Waals surface area (Å²) in [6.45, 7) is 6.44. The fraction of sp³-hybridized carbons (Fsp3) is 0.758. The summed E-state index contributed by atoms with van der Waals surface area (Å²) >= 11 is 0. The molecule has 1 unspecified atom stereocenters. The number of hydrogen-bond acceptors (Lipinski definition) is 6. The molecule has 0 aliphatic heterocycles. The summed E-state index contributed by atoms with van der Waals surface area (Å²) in [7, 11) is 0. The van der Waals surface area contributed by atoms with E-state index in [2.05, 4.69) is 93.7 Å². The molecule has 0 rings (SSSR count). The van der Waals surface area contributed by atoms with E-state index in [0.717, 1.165) is 103 Å². The average molecular weight is 950 g/mol. The number of unbranched alkanes of at least 4 members (excludes halogenated alkanes) is 29. The predicted molar refractivity (Wildman–Crippen MR) is 293 cm³/mol. The number of carbonyl (C=O) groups excluding carboxylic acids is 3. The van der Waals surface area contributed by atoms with Crippen molar-refractivity contribution in [2.75, 3.05) is 13.2 Å². The minimum atomic E-state index is -0.773. The lowest BCUT2D eigenvalue weighted by Crippen LogP contribution is -2.30. The van der Waals surface area contributed by atoms with Gasteiger partial charge in [0.1, 0.15) is 13.2 Å². The molecule has 0 fully saturated rings. The summed E-state index contributed by atoms with van der Waals surface area (Å²) in [6.07, 6.45) is 72.4. The predicted octanol–water partition coefficient (Wildman–Crippen LogP) is 19.4. The highest BCUT2D eigenvalue weighted by Gasteiger charge is 2.19. The van der Waals surface area contributed by atoms with Crippen molar-refractivity contribution in [2.24, 2.45) is 0 Å². The smallest absolute Gasteiger partial charge is 0.306 e. The van der Waals surface area contributed by atoms with Crippen LogP contribution in [0.1, 0.15) is 284 Å². The van der Waals surface area contributed by atoms with Crippen molar-refractivity contribution in [1.29, 1.82) is 0 Å². The van der Waals surface area contributed by atoms with Gasteiger partial charge < -0.3 is 14.2 Å². The van der Waals surface area contributed by atoms with Crippen molar-refractivity contribution in [2.45, 2.75) is 290 Å². The Morgan fingerprint density at radius 3 is 0.912 bits per heavy atom. The maximum atomic E-state index is 12.7. The van der Waals surface area contributed by atoms with E-state index < -0.39 is 6.10 Å². The first kappa shape index (κ1) is 64.8. The fourth-order valence-corrected chi connectivity index (χ4v) is 8.11. The van der Waals surface area contributed by atoms with Gasteiger partial charge in [-0.2, -0.15) is 0 Å². The zero-order chi connectivity index (χ0) is 49.3. The van der Waals surface area contributed by atoms with Gasteiger partial charge >= 0.3 is 17.9 Å². The monoisotopic (exact) mass is 949 g/mol. The molecule has 0 radical (unpaired) electrons. The Morgan fingerprint density at radius 1 is 0.309 bits per heavy atom. The molecular formula is C62H108O6. The lowest BCUT2D eigenvalue weighted by molar-refractivity contribution is -0.167. The molecule has 6 heteroatoms. The van der Waals surface area contributed by atoms with Crippen molar-refractivity contribution in [3.05, 3.63) is 72.9 Å². The van der Waals surface area contributed by atoms with Gasteiger partial charge in [0, 0.05) is 19.3 Å². The van der Waals surface area contributed by atoms with E-state index in [1.165, 1.54) is 141 Å². The summed E-state index contributed by atoms with van der Waals surface area (Å²) in [5.41, 5.74) is 0. The van der Waals surface area contributed by atoms with Crippen LogP contribution in [0.5, 0.6) is 0 Å². The van der Waals surface area contributed by atoms with E-state index >= 15 is 0 Å². The summed E-state index contributed by atoms with van der Waals surface area (Å²) in [5, 5.41) is 0. The van der Waals surface area contributed by atoms with E-state index in [9.17, 15) is 14.4 Å². The molecule has 0 aliphatic rings. The molecule has 0 saturated carbocycles. The van der Waals surface area contributed by atoms with Crippen molar-refractivity contribution in [1.82, 2.24) is 0 Å². The Kier molecular flexibility index (Phi) is 53.8. The molecule has 0 N–H and O–H groups in total. The SMILES string of the molecule is CC/C=C\C/C=C\C/C=C\C/C=C\C/C=C\CCCCCCCCCCCCCCCCCC(=O)OCC(COC(=O)CCCCCCC)OC(=O)CCCCCCC/C=C\CCCCCCC. The van der Waals surface area contributed by atoms with Crippen molar-refractivity contribution < 1.29 is 28.6 Å². The van der Waals surface area contributed by atoms with Gasteiger partial charge in [0.05, 0.1) is 0 Å². The normalized spacial score (nSPS) is 12.6. The molecule has 6 nitrogen and oxygen atoms in total. The molecule has 0 aromatic rings. The number of carbonyl (C=O) groups is 3. The minimum Gasteiger partial charge on any atom is -0.462 e. The lowest BCUT2D eigenvalue weighted by atomic mass is 10.0. The molecule has 0 spiro atoms. The summed E-state index contributed by atoms with van der Waals surface area (Å²) in [6, 6.07) is 0. The number of hydrogen-bond donors (Lipinski definition) is 0. The quantitative estimate of drug-likeness (QED) is 0.0262. The second kappa shape index (κ2) is 56.4. The summed E-state index contributed by atoms with van der Waals surface area (Å²) in [5.74, 6) is -0.892. The Bertz CT molecular complexity index is 1270. The Hall–Kier alpha value is -3.15. The van der Waals surface area contributed by atoms with Gasteiger partial charge in [-0.15, -0.1) is 0 Å². The van der Waals surface area contributed by atoms with Gasteiger partial charge in [-0.25, -0.2) is 0 Å². The molecule has 0 heterocycles. The summed E-state index contributed by atoms with van der Waals surface area (Å²) in [4.78, 5) is 37.7.